The molecule has 0 aromatic carbocycles. The van der Waals surface area contributed by atoms with E-state index < -0.39 is 0 Å². The first-order valence-electron chi connectivity index (χ1n) is 17.6. The fourth-order valence-electron chi connectivity index (χ4n) is 10.7. The van der Waals surface area contributed by atoms with Gasteiger partial charge >= 0.3 is 5.97 Å². The number of hydrogen-bond acceptors (Lipinski definition) is 2. The molecule has 0 aliphatic heterocycles. The van der Waals surface area contributed by atoms with Gasteiger partial charge in [-0.15, -0.1) is 0 Å². The van der Waals surface area contributed by atoms with Crippen LogP contribution in [0.3, 0.4) is 0 Å². The van der Waals surface area contributed by atoms with Crippen molar-refractivity contribution in [2.45, 2.75) is 169 Å². The van der Waals surface area contributed by atoms with E-state index in [4.69, 9.17) is 4.74 Å². The molecule has 2 heteroatoms. The van der Waals surface area contributed by atoms with E-state index in [0.717, 1.165) is 54.8 Å². The predicted octanol–water partition coefficient (Wildman–Crippen LogP) is 11.4. The molecule has 0 spiro atoms. The summed E-state index contributed by atoms with van der Waals surface area (Å²) in [5.74, 6) is 5.72. The third-order valence-corrected chi connectivity index (χ3v) is 13.0. The highest BCUT2D eigenvalue weighted by atomic mass is 16.5. The largest absolute Gasteiger partial charge is 0.435 e. The SMILES string of the molecule is CCCCCCCCCC(=O)OC=C(C)CCC[C@@H](C)[C@H]1CC[C@H]2[C@@H]3CCC4CCCC[C@]4(C)[C@H]3CC[C@]12C. The van der Waals surface area contributed by atoms with Crippen molar-refractivity contribution in [1.82, 2.24) is 0 Å². The average Bonchev–Trinajstić information content (AvgIpc) is 3.28. The summed E-state index contributed by atoms with van der Waals surface area (Å²) in [4.78, 5) is 12.1. The lowest BCUT2D eigenvalue weighted by Gasteiger charge is -2.61. The van der Waals surface area contributed by atoms with Crippen LogP contribution >= 0.6 is 0 Å². The van der Waals surface area contributed by atoms with Crippen molar-refractivity contribution < 1.29 is 9.53 Å². The van der Waals surface area contributed by atoms with Gasteiger partial charge in [-0.1, -0.05) is 85.5 Å². The van der Waals surface area contributed by atoms with Gasteiger partial charge in [-0.05, 0) is 129 Å². The average molecular weight is 541 g/mol. The molecule has 0 aromatic heterocycles. The van der Waals surface area contributed by atoms with E-state index in [0.29, 0.717) is 17.3 Å². The Hall–Kier alpha value is -0.790. The highest BCUT2D eigenvalue weighted by Gasteiger charge is 2.60. The summed E-state index contributed by atoms with van der Waals surface area (Å²) < 4.78 is 5.49. The van der Waals surface area contributed by atoms with E-state index >= 15 is 0 Å². The Labute approximate surface area is 242 Å². The summed E-state index contributed by atoms with van der Waals surface area (Å²) in [5, 5.41) is 0. The summed E-state index contributed by atoms with van der Waals surface area (Å²) in [6.45, 7) is 12.4. The molecule has 0 radical (unpaired) electrons. The normalized spacial score (nSPS) is 37.1. The first-order valence-corrected chi connectivity index (χ1v) is 17.6. The number of unbranched alkanes of at least 4 members (excludes halogenated alkanes) is 6. The lowest BCUT2D eigenvalue weighted by molar-refractivity contribution is -0.138. The molecule has 4 fully saturated rings. The van der Waals surface area contributed by atoms with E-state index in [1.165, 1.54) is 115 Å². The Balaban J connectivity index is 1.17. The van der Waals surface area contributed by atoms with Gasteiger partial charge in [0.2, 0.25) is 0 Å². The number of hydrogen-bond donors (Lipinski definition) is 0. The molecule has 1 unspecified atom stereocenters. The first kappa shape index (κ1) is 31.2. The van der Waals surface area contributed by atoms with Crippen LogP contribution in [-0.2, 0) is 9.53 Å². The number of carbonyl (C=O) groups is 1. The van der Waals surface area contributed by atoms with Gasteiger partial charge in [-0.2, -0.15) is 0 Å². The van der Waals surface area contributed by atoms with Crippen molar-refractivity contribution in [3.8, 4) is 0 Å². The minimum absolute atomic E-state index is 0.0482. The second-order valence-corrected chi connectivity index (χ2v) is 15.3. The van der Waals surface area contributed by atoms with E-state index in [1.807, 2.05) is 0 Å². The standard InChI is InChI=1S/C37H64O2/c1-6-7-8-9-10-11-12-19-35(38)39-27-28(2)16-15-17-29(3)32-22-23-33-31-21-20-30-18-13-14-25-36(30,4)34(31)24-26-37(32,33)5/h27,29-34H,6-26H2,1-5H3/t29-,30?,31+,32-,33+,34+,36+,37-/m1/s1. The molecule has 4 saturated carbocycles. The highest BCUT2D eigenvalue weighted by Crippen LogP contribution is 2.68. The van der Waals surface area contributed by atoms with Crippen LogP contribution in [-0.4, -0.2) is 5.97 Å². The molecular weight excluding hydrogens is 476 g/mol. The molecule has 2 nitrogen and oxygen atoms in total. The number of rotatable bonds is 14. The monoisotopic (exact) mass is 540 g/mol. The summed E-state index contributed by atoms with van der Waals surface area (Å²) >= 11 is 0. The van der Waals surface area contributed by atoms with Crippen LogP contribution < -0.4 is 0 Å². The first-order chi connectivity index (χ1) is 18.8. The van der Waals surface area contributed by atoms with Crippen molar-refractivity contribution >= 4 is 5.97 Å². The van der Waals surface area contributed by atoms with Gasteiger partial charge in [-0.25, -0.2) is 0 Å². The molecule has 224 valence electrons. The molecule has 8 atom stereocenters. The molecule has 0 bridgehead atoms. The van der Waals surface area contributed by atoms with E-state index in [2.05, 4.69) is 34.6 Å². The Morgan fingerprint density at radius 1 is 0.821 bits per heavy atom. The quantitative estimate of drug-likeness (QED) is 0.124. The Morgan fingerprint density at radius 2 is 1.56 bits per heavy atom. The van der Waals surface area contributed by atoms with E-state index in [-0.39, 0.29) is 5.97 Å². The predicted molar refractivity (Wildman–Crippen MR) is 165 cm³/mol. The maximum Gasteiger partial charge on any atom is 0.310 e. The minimum atomic E-state index is -0.0482. The van der Waals surface area contributed by atoms with E-state index in [9.17, 15) is 4.79 Å². The van der Waals surface area contributed by atoms with Crippen LogP contribution in [0.15, 0.2) is 11.8 Å². The topological polar surface area (TPSA) is 26.3 Å². The molecule has 0 amide bonds. The summed E-state index contributed by atoms with van der Waals surface area (Å²) in [7, 11) is 0. The molecule has 4 aliphatic carbocycles. The van der Waals surface area contributed by atoms with Crippen molar-refractivity contribution in [3.05, 3.63) is 11.8 Å². The Morgan fingerprint density at radius 3 is 2.36 bits per heavy atom. The van der Waals surface area contributed by atoms with Crippen LogP contribution in [0, 0.1) is 46.3 Å². The third kappa shape index (κ3) is 7.35. The second-order valence-electron chi connectivity index (χ2n) is 15.3. The van der Waals surface area contributed by atoms with Gasteiger partial charge in [-0.3, -0.25) is 4.79 Å². The molecule has 0 aromatic rings. The number of carbonyl (C=O) groups excluding carboxylic acids is 1. The fourth-order valence-corrected chi connectivity index (χ4v) is 10.7. The summed E-state index contributed by atoms with van der Waals surface area (Å²) in [5.41, 5.74) is 2.46. The third-order valence-electron chi connectivity index (χ3n) is 13.0. The molecule has 4 aliphatic rings. The fraction of sp³-hybridized carbons (Fsp3) is 0.919. The minimum Gasteiger partial charge on any atom is -0.435 e. The van der Waals surface area contributed by atoms with Crippen LogP contribution in [0.25, 0.3) is 0 Å². The van der Waals surface area contributed by atoms with Crippen molar-refractivity contribution in [2.75, 3.05) is 0 Å². The summed E-state index contributed by atoms with van der Waals surface area (Å²) in [6.07, 6.45) is 29.6. The zero-order valence-electron chi connectivity index (χ0n) is 26.7. The molecule has 4 rings (SSSR count). The smallest absolute Gasteiger partial charge is 0.310 e. The van der Waals surface area contributed by atoms with Gasteiger partial charge in [0.05, 0.1) is 6.26 Å². The molecular formula is C37H64O2. The van der Waals surface area contributed by atoms with Gasteiger partial charge in [0, 0.05) is 6.42 Å². The molecule has 39 heavy (non-hydrogen) atoms. The summed E-state index contributed by atoms with van der Waals surface area (Å²) in [6, 6.07) is 0. The zero-order chi connectivity index (χ0) is 27.9. The van der Waals surface area contributed by atoms with Crippen LogP contribution in [0.1, 0.15) is 169 Å². The van der Waals surface area contributed by atoms with E-state index in [1.54, 1.807) is 6.26 Å². The van der Waals surface area contributed by atoms with Crippen LogP contribution in [0.2, 0.25) is 0 Å². The van der Waals surface area contributed by atoms with Crippen molar-refractivity contribution in [2.24, 2.45) is 46.3 Å². The maximum atomic E-state index is 12.1. The van der Waals surface area contributed by atoms with Gasteiger partial charge in [0.25, 0.3) is 0 Å². The number of esters is 1. The second kappa shape index (κ2) is 14.4. The van der Waals surface area contributed by atoms with Crippen LogP contribution in [0.5, 0.6) is 0 Å². The van der Waals surface area contributed by atoms with Crippen LogP contribution in [0.4, 0.5) is 0 Å². The number of allylic oxidation sites excluding steroid dienone is 1. The van der Waals surface area contributed by atoms with Crippen molar-refractivity contribution in [1.29, 1.82) is 0 Å². The molecule has 0 heterocycles. The maximum absolute atomic E-state index is 12.1. The Bertz CT molecular complexity index is 799. The molecule has 0 saturated heterocycles. The lowest BCUT2D eigenvalue weighted by Crippen LogP contribution is -2.53. The van der Waals surface area contributed by atoms with Gasteiger partial charge in [0.1, 0.15) is 0 Å². The Kier molecular flexibility index (Phi) is 11.5. The van der Waals surface area contributed by atoms with Gasteiger partial charge < -0.3 is 4.74 Å². The molecule has 0 N–H and O–H groups in total. The lowest BCUT2D eigenvalue weighted by atomic mass is 9.44. The van der Waals surface area contributed by atoms with Crippen molar-refractivity contribution in [3.63, 3.8) is 0 Å². The zero-order valence-corrected chi connectivity index (χ0v) is 26.7. The highest BCUT2D eigenvalue weighted by molar-refractivity contribution is 5.69. The number of ether oxygens (including phenoxy) is 1. The number of fused-ring (bicyclic) bond motifs is 5. The van der Waals surface area contributed by atoms with Gasteiger partial charge in [0.15, 0.2) is 0 Å².